The van der Waals surface area contributed by atoms with Gasteiger partial charge in [0.1, 0.15) is 0 Å². The Morgan fingerprint density at radius 1 is 1.00 bits per heavy atom. The molecule has 0 spiro atoms. The average molecular weight is 437 g/mol. The molecule has 2 aromatic carbocycles. The van der Waals surface area contributed by atoms with Crippen molar-refractivity contribution in [3.05, 3.63) is 82.8 Å². The highest BCUT2D eigenvalue weighted by Crippen LogP contribution is 2.40. The molecule has 0 saturated heterocycles. The van der Waals surface area contributed by atoms with Crippen LogP contribution >= 0.6 is 0 Å². The molecule has 0 unspecified atom stereocenters. The molecule has 1 fully saturated rings. The highest BCUT2D eigenvalue weighted by molar-refractivity contribution is 5.88. The van der Waals surface area contributed by atoms with E-state index in [1.165, 1.54) is 18.4 Å². The molecule has 0 radical (unpaired) electrons. The lowest BCUT2D eigenvalue weighted by atomic mass is 10.0. The van der Waals surface area contributed by atoms with E-state index in [1.54, 1.807) is 9.25 Å². The molecule has 1 aliphatic rings. The Kier molecular flexibility index (Phi) is 4.54. The van der Waals surface area contributed by atoms with Gasteiger partial charge in [-0.15, -0.1) is 0 Å². The van der Waals surface area contributed by atoms with Crippen molar-refractivity contribution < 1.29 is 4.74 Å². The van der Waals surface area contributed by atoms with Crippen LogP contribution in [0.3, 0.4) is 0 Å². The number of fused-ring (bicyclic) bond motifs is 2. The summed E-state index contributed by atoms with van der Waals surface area (Å²) in [4.78, 5) is 18.6. The minimum atomic E-state index is -0.105. The summed E-state index contributed by atoms with van der Waals surface area (Å²) in [7, 11) is 1.90. The summed E-state index contributed by atoms with van der Waals surface area (Å²) in [5.74, 6) is 1.17. The lowest BCUT2D eigenvalue weighted by molar-refractivity contribution is 0.328. The molecule has 0 atom stereocenters. The smallest absolute Gasteiger partial charge is 0.264 e. The topological polar surface area (TPSA) is 61.9 Å². The van der Waals surface area contributed by atoms with Crippen LogP contribution in [0.2, 0.25) is 0 Å². The van der Waals surface area contributed by atoms with Gasteiger partial charge in [0.2, 0.25) is 5.88 Å². The molecule has 6 nitrogen and oxygen atoms in total. The van der Waals surface area contributed by atoms with Crippen molar-refractivity contribution in [3.63, 3.8) is 0 Å². The third-order valence-electron chi connectivity index (χ3n) is 6.25. The molecule has 0 bridgehead atoms. The summed E-state index contributed by atoms with van der Waals surface area (Å²) in [6, 6.07) is 20.0. The van der Waals surface area contributed by atoms with Gasteiger partial charge in [-0.05, 0) is 73.2 Å². The molecule has 33 heavy (non-hydrogen) atoms. The van der Waals surface area contributed by atoms with Gasteiger partial charge >= 0.3 is 0 Å². The maximum atomic E-state index is 13.9. The van der Waals surface area contributed by atoms with Crippen LogP contribution in [0.1, 0.15) is 31.2 Å². The molecule has 1 saturated carbocycles. The summed E-state index contributed by atoms with van der Waals surface area (Å²) >= 11 is 0. The van der Waals surface area contributed by atoms with Crippen molar-refractivity contribution in [1.82, 2.24) is 19.3 Å². The quantitative estimate of drug-likeness (QED) is 0.379. The van der Waals surface area contributed by atoms with Gasteiger partial charge in [0.25, 0.3) is 5.56 Å². The maximum absolute atomic E-state index is 13.9. The van der Waals surface area contributed by atoms with Crippen LogP contribution in [-0.2, 0) is 7.05 Å². The molecule has 3 aromatic heterocycles. The van der Waals surface area contributed by atoms with Gasteiger partial charge in [-0.2, -0.15) is 10.1 Å². The number of pyridine rings is 2. The van der Waals surface area contributed by atoms with E-state index < -0.39 is 0 Å². The Hall–Kier alpha value is -3.93. The van der Waals surface area contributed by atoms with Crippen molar-refractivity contribution in [2.45, 2.75) is 25.7 Å². The summed E-state index contributed by atoms with van der Waals surface area (Å²) in [6.45, 7) is 2.44. The number of hydrogen-bond acceptors (Lipinski definition) is 4. The van der Waals surface area contributed by atoms with E-state index >= 15 is 0 Å². The number of aryl methyl sites for hydroxylation is 1. The zero-order valence-corrected chi connectivity index (χ0v) is 18.7. The van der Waals surface area contributed by atoms with Crippen LogP contribution in [0, 0.1) is 0 Å². The Morgan fingerprint density at radius 3 is 2.58 bits per heavy atom. The fourth-order valence-electron chi connectivity index (χ4n) is 4.47. The van der Waals surface area contributed by atoms with Gasteiger partial charge in [0.15, 0.2) is 5.65 Å². The SMILES string of the molecule is CCOc1ccc2cc(-c3ccc4nn(C)cc4c3)c(=O)n(-c3ccc(C4CC4)cc3)c2n1. The van der Waals surface area contributed by atoms with Gasteiger partial charge in [-0.1, -0.05) is 18.2 Å². The first-order valence-electron chi connectivity index (χ1n) is 11.3. The first-order chi connectivity index (χ1) is 16.1. The molecule has 6 rings (SSSR count). The van der Waals surface area contributed by atoms with Crippen LogP contribution in [0.5, 0.6) is 5.88 Å². The van der Waals surface area contributed by atoms with Crippen LogP contribution in [0.4, 0.5) is 0 Å². The minimum Gasteiger partial charge on any atom is -0.478 e. The standard InChI is InChI=1S/C27H24N4O2/c1-3-33-25-13-9-20-15-23(19-8-12-24-21(14-19)16-30(2)29-24)27(32)31(26(20)28-25)22-10-6-18(7-11-22)17-4-5-17/h6-17H,3-5H2,1-2H3. The van der Waals surface area contributed by atoms with Crippen molar-refractivity contribution in [1.29, 1.82) is 0 Å². The highest BCUT2D eigenvalue weighted by atomic mass is 16.5. The number of benzene rings is 2. The van der Waals surface area contributed by atoms with Gasteiger partial charge in [-0.3, -0.25) is 14.0 Å². The second kappa shape index (κ2) is 7.59. The number of nitrogens with zero attached hydrogens (tertiary/aromatic N) is 4. The normalized spacial score (nSPS) is 13.6. The predicted molar refractivity (Wildman–Crippen MR) is 130 cm³/mol. The summed E-state index contributed by atoms with van der Waals surface area (Å²) < 4.78 is 9.12. The summed E-state index contributed by atoms with van der Waals surface area (Å²) in [5, 5.41) is 6.33. The predicted octanol–water partition coefficient (Wildman–Crippen LogP) is 5.22. The van der Waals surface area contributed by atoms with Gasteiger partial charge in [0.05, 0.1) is 17.8 Å². The van der Waals surface area contributed by atoms with E-state index in [0.717, 1.165) is 27.5 Å². The van der Waals surface area contributed by atoms with E-state index in [4.69, 9.17) is 4.74 Å². The first kappa shape index (κ1) is 19.7. The molecule has 6 heteroatoms. The highest BCUT2D eigenvalue weighted by Gasteiger charge is 2.23. The maximum Gasteiger partial charge on any atom is 0.264 e. The second-order valence-corrected chi connectivity index (χ2v) is 8.64. The van der Waals surface area contributed by atoms with Crippen molar-refractivity contribution in [2.24, 2.45) is 7.05 Å². The van der Waals surface area contributed by atoms with Crippen LogP contribution < -0.4 is 10.3 Å². The number of aromatic nitrogens is 4. The van der Waals surface area contributed by atoms with Crippen molar-refractivity contribution in [2.75, 3.05) is 6.61 Å². The third-order valence-corrected chi connectivity index (χ3v) is 6.25. The van der Waals surface area contributed by atoms with Gasteiger partial charge < -0.3 is 4.74 Å². The molecule has 0 N–H and O–H groups in total. The Labute approximate surface area is 191 Å². The zero-order valence-electron chi connectivity index (χ0n) is 18.7. The summed E-state index contributed by atoms with van der Waals surface area (Å²) in [5.41, 5.74) is 5.02. The molecule has 5 aromatic rings. The molecular weight excluding hydrogens is 412 g/mol. The fourth-order valence-corrected chi connectivity index (χ4v) is 4.47. The number of hydrogen-bond donors (Lipinski definition) is 0. The third kappa shape index (κ3) is 3.48. The monoisotopic (exact) mass is 436 g/mol. The number of rotatable bonds is 5. The molecule has 0 amide bonds. The average Bonchev–Trinajstić information content (AvgIpc) is 3.60. The van der Waals surface area contributed by atoms with Crippen LogP contribution in [0.15, 0.2) is 71.7 Å². The lowest BCUT2D eigenvalue weighted by Crippen LogP contribution is -2.21. The van der Waals surface area contributed by atoms with E-state index in [1.807, 2.05) is 68.7 Å². The Balaban J connectivity index is 1.59. The van der Waals surface area contributed by atoms with Crippen molar-refractivity contribution in [3.8, 4) is 22.7 Å². The van der Waals surface area contributed by atoms with E-state index in [2.05, 4.69) is 22.2 Å². The fraction of sp³-hybridized carbons (Fsp3) is 0.222. The Morgan fingerprint density at radius 2 is 1.82 bits per heavy atom. The van der Waals surface area contributed by atoms with E-state index in [9.17, 15) is 4.79 Å². The molecule has 0 aliphatic heterocycles. The van der Waals surface area contributed by atoms with Gasteiger partial charge in [0, 0.05) is 35.6 Å². The molecule has 164 valence electrons. The summed E-state index contributed by atoms with van der Waals surface area (Å²) in [6.07, 6.45) is 4.45. The number of ether oxygens (including phenoxy) is 1. The second-order valence-electron chi connectivity index (χ2n) is 8.64. The van der Waals surface area contributed by atoms with Crippen LogP contribution in [0.25, 0.3) is 38.8 Å². The largest absolute Gasteiger partial charge is 0.478 e. The zero-order chi connectivity index (χ0) is 22.5. The van der Waals surface area contributed by atoms with Gasteiger partial charge in [-0.25, -0.2) is 0 Å². The Bertz CT molecular complexity index is 1560. The first-order valence-corrected chi connectivity index (χ1v) is 11.3. The van der Waals surface area contributed by atoms with E-state index in [-0.39, 0.29) is 5.56 Å². The van der Waals surface area contributed by atoms with E-state index in [0.29, 0.717) is 29.6 Å². The minimum absolute atomic E-state index is 0.105. The molecular formula is C27H24N4O2. The van der Waals surface area contributed by atoms with Crippen molar-refractivity contribution >= 4 is 21.9 Å². The van der Waals surface area contributed by atoms with Crippen LogP contribution in [-0.4, -0.2) is 25.9 Å². The lowest BCUT2D eigenvalue weighted by Gasteiger charge is -2.14. The molecule has 3 heterocycles. The molecule has 1 aliphatic carbocycles.